The number of nitrogens with one attached hydrogen (secondary N) is 1. The van der Waals surface area contributed by atoms with Crippen molar-refractivity contribution in [2.24, 2.45) is 0 Å². The highest BCUT2D eigenvalue weighted by Crippen LogP contribution is 2.35. The van der Waals surface area contributed by atoms with Gasteiger partial charge < -0.3 is 9.36 Å². The van der Waals surface area contributed by atoms with Gasteiger partial charge in [0.05, 0.1) is 10.5 Å². The molecule has 1 N–H and O–H groups in total. The number of allylic oxidation sites excluding steroid dienone is 8. The van der Waals surface area contributed by atoms with Gasteiger partial charge in [0.15, 0.2) is 12.4 Å². The van der Waals surface area contributed by atoms with Gasteiger partial charge in [0.2, 0.25) is 5.91 Å². The van der Waals surface area contributed by atoms with Crippen molar-refractivity contribution in [1.29, 1.82) is 0 Å². The molecule has 0 aliphatic rings. The highest BCUT2D eigenvalue weighted by molar-refractivity contribution is 7.90. The van der Waals surface area contributed by atoms with Gasteiger partial charge >= 0.3 is 0 Å². The number of hydrogen-bond donors (Lipinski definition) is 1. The molecule has 0 aliphatic heterocycles. The second kappa shape index (κ2) is 20.4. The van der Waals surface area contributed by atoms with Crippen LogP contribution in [-0.4, -0.2) is 24.6 Å². The Kier molecular flexibility index (Phi) is 15.9. The molecule has 0 radical (unpaired) electrons. The summed E-state index contributed by atoms with van der Waals surface area (Å²) in [5, 5.41) is 13.9. The summed E-state index contributed by atoms with van der Waals surface area (Å²) in [5.41, 5.74) is 2.07. The molecule has 0 fully saturated rings. The lowest BCUT2D eigenvalue weighted by Gasteiger charge is -2.09. The Bertz CT molecular complexity index is 1620. The van der Waals surface area contributed by atoms with Crippen molar-refractivity contribution in [3.8, 4) is 22.4 Å². The third-order valence-corrected chi connectivity index (χ3v) is 8.43. The molecule has 1 heterocycles. The minimum Gasteiger partial charge on any atom is -0.358 e. The summed E-state index contributed by atoms with van der Waals surface area (Å²) in [5.74, 6) is -0.479. The van der Waals surface area contributed by atoms with Crippen molar-refractivity contribution in [3.05, 3.63) is 119 Å². The molecule has 3 aromatic rings. The number of rotatable bonds is 21. The molecule has 0 atom stereocenters. The Balaban J connectivity index is 1.44. The number of carbonyl (C=O) groups excluding carboxylic acids is 1. The number of carbonyl (C=O) groups is 1. The molecule has 0 bridgehead atoms. The predicted octanol–water partition coefficient (Wildman–Crippen LogP) is 8.67. The highest BCUT2D eigenvalue weighted by Gasteiger charge is 2.22. The number of aromatic nitrogens is 1. The van der Waals surface area contributed by atoms with Gasteiger partial charge in [-0.1, -0.05) is 116 Å². The van der Waals surface area contributed by atoms with Crippen LogP contribution in [0.2, 0.25) is 0 Å². The maximum atomic E-state index is 12.9. The van der Waals surface area contributed by atoms with E-state index in [0.717, 1.165) is 25.7 Å². The molecule has 250 valence electrons. The maximum Gasteiger partial charge on any atom is 0.294 e. The molecule has 0 aliphatic carbocycles. The fraction of sp³-hybridized carbons (Fsp3) is 0.333. The molecular weight excluding hydrogens is 618 g/mol. The van der Waals surface area contributed by atoms with Gasteiger partial charge in [-0.15, -0.1) is 10.1 Å². The molecule has 2 aromatic carbocycles. The van der Waals surface area contributed by atoms with E-state index in [0.29, 0.717) is 35.2 Å². The van der Waals surface area contributed by atoms with Crippen LogP contribution in [0, 0.1) is 10.1 Å². The predicted molar refractivity (Wildman–Crippen MR) is 183 cm³/mol. The molecule has 11 heteroatoms. The molecule has 3 rings (SSSR count). The van der Waals surface area contributed by atoms with E-state index in [1.54, 1.807) is 12.1 Å². The first-order chi connectivity index (χ1) is 22.8. The van der Waals surface area contributed by atoms with Crippen molar-refractivity contribution < 1.29 is 27.7 Å². The van der Waals surface area contributed by atoms with Crippen molar-refractivity contribution in [2.75, 3.05) is 0 Å². The normalized spacial score (nSPS) is 12.1. The molecule has 0 saturated carbocycles. The zero-order valence-electron chi connectivity index (χ0n) is 26.8. The van der Waals surface area contributed by atoms with E-state index in [9.17, 15) is 23.3 Å². The van der Waals surface area contributed by atoms with Crippen LogP contribution in [0.25, 0.3) is 22.4 Å². The Morgan fingerprint density at radius 2 is 1.45 bits per heavy atom. The second-order valence-corrected chi connectivity index (χ2v) is 12.4. The van der Waals surface area contributed by atoms with E-state index in [2.05, 4.69) is 58.1 Å². The molecule has 1 aromatic heterocycles. The topological polar surface area (TPSA) is 142 Å². The molecule has 47 heavy (non-hydrogen) atoms. The highest BCUT2D eigenvalue weighted by atomic mass is 32.2. The lowest BCUT2D eigenvalue weighted by Crippen LogP contribution is -2.30. The van der Waals surface area contributed by atoms with Crippen LogP contribution in [0.4, 0.5) is 0 Å². The minimum absolute atomic E-state index is 0.0657. The summed E-state index contributed by atoms with van der Waals surface area (Å²) in [6.45, 7) is 1.74. The smallest absolute Gasteiger partial charge is 0.294 e. The quantitative estimate of drug-likeness (QED) is 0.0517. The van der Waals surface area contributed by atoms with Gasteiger partial charge in [-0.2, -0.15) is 0 Å². The van der Waals surface area contributed by atoms with Crippen LogP contribution < -0.4 is 4.72 Å². The number of unbranched alkanes of at least 4 members (excludes halogenated alkanes) is 4. The first-order valence-corrected chi connectivity index (χ1v) is 17.4. The third kappa shape index (κ3) is 13.2. The Labute approximate surface area is 277 Å². The Hall–Kier alpha value is -4.77. The van der Waals surface area contributed by atoms with Crippen molar-refractivity contribution in [2.45, 2.75) is 82.6 Å². The summed E-state index contributed by atoms with van der Waals surface area (Å²) in [6, 6.07) is 14.8. The van der Waals surface area contributed by atoms with E-state index in [1.165, 1.54) is 43.5 Å². The number of sulfonamides is 1. The van der Waals surface area contributed by atoms with Gasteiger partial charge in [0.1, 0.15) is 5.69 Å². The van der Waals surface area contributed by atoms with E-state index in [4.69, 9.17) is 4.52 Å². The van der Waals surface area contributed by atoms with Crippen LogP contribution in [0.15, 0.2) is 113 Å². The second-order valence-electron chi connectivity index (χ2n) is 10.7. The van der Waals surface area contributed by atoms with Gasteiger partial charge in [-0.3, -0.25) is 4.79 Å². The lowest BCUT2D eigenvalue weighted by atomic mass is 9.99. The molecule has 0 unspecified atom stereocenters. The molecule has 0 spiro atoms. The van der Waals surface area contributed by atoms with E-state index in [1.807, 2.05) is 30.4 Å². The first kappa shape index (κ1) is 36.7. The Morgan fingerprint density at radius 1 is 0.851 bits per heavy atom. The SMILES string of the molecule is CCCCC/C=C\C/C=C\C/C=C\C/C=C\CCCC(=O)NS(=O)(=O)c1ccc(-c2c(-c3ccccc3)noc2CO[N+](=O)[O-])cc1. The van der Waals surface area contributed by atoms with E-state index < -0.39 is 27.6 Å². The molecule has 10 nitrogen and oxygen atoms in total. The maximum absolute atomic E-state index is 12.9. The summed E-state index contributed by atoms with van der Waals surface area (Å²) < 4.78 is 33.2. The largest absolute Gasteiger partial charge is 0.358 e. The van der Waals surface area contributed by atoms with Crippen LogP contribution in [0.5, 0.6) is 0 Å². The summed E-state index contributed by atoms with van der Waals surface area (Å²) >= 11 is 0. The Morgan fingerprint density at radius 3 is 2.04 bits per heavy atom. The molecule has 0 saturated heterocycles. The van der Waals surface area contributed by atoms with Crippen molar-refractivity contribution in [3.63, 3.8) is 0 Å². The first-order valence-electron chi connectivity index (χ1n) is 15.9. The average Bonchev–Trinajstić information content (AvgIpc) is 3.49. The fourth-order valence-corrected chi connectivity index (χ4v) is 5.64. The zero-order valence-corrected chi connectivity index (χ0v) is 27.6. The number of amides is 1. The van der Waals surface area contributed by atoms with Crippen LogP contribution >= 0.6 is 0 Å². The summed E-state index contributed by atoms with van der Waals surface area (Å²) in [7, 11) is -4.10. The van der Waals surface area contributed by atoms with Crippen molar-refractivity contribution in [1.82, 2.24) is 9.88 Å². The van der Waals surface area contributed by atoms with Gasteiger partial charge in [-0.05, 0) is 62.6 Å². The number of benzene rings is 2. The number of nitrogens with zero attached hydrogens (tertiary/aromatic N) is 2. The van der Waals surface area contributed by atoms with Crippen LogP contribution in [0.1, 0.15) is 76.9 Å². The van der Waals surface area contributed by atoms with Crippen molar-refractivity contribution >= 4 is 15.9 Å². The molecule has 1 amide bonds. The average molecular weight is 662 g/mol. The van der Waals surface area contributed by atoms with Gasteiger partial charge in [0.25, 0.3) is 15.1 Å². The van der Waals surface area contributed by atoms with Gasteiger partial charge in [-0.25, -0.2) is 13.1 Å². The summed E-state index contributed by atoms with van der Waals surface area (Å²) in [6.07, 6.45) is 25.9. The van der Waals surface area contributed by atoms with Crippen LogP contribution in [0.3, 0.4) is 0 Å². The van der Waals surface area contributed by atoms with Crippen LogP contribution in [-0.2, 0) is 26.3 Å². The van der Waals surface area contributed by atoms with Gasteiger partial charge in [0, 0.05) is 12.0 Å². The lowest BCUT2D eigenvalue weighted by molar-refractivity contribution is -0.763. The standard InChI is InChI=1S/C36H43N3O7S/c1-2-3-4-5-6-7-8-9-10-11-12-13-14-15-16-17-21-24-34(40)38-47(43,44)32-27-25-30(26-28-32)35-33(29-45-39(41)42)46-37-36(35)31-22-19-18-20-23-31/h6-7,9-10,12-13,15-16,18-20,22-23,25-28H,2-5,8,11,14,17,21,24,29H2,1H3,(H,38,40)/b7-6-,10-9-,13-12-,16-15-. The summed E-state index contributed by atoms with van der Waals surface area (Å²) in [4.78, 5) is 27.5. The third-order valence-electron chi connectivity index (χ3n) is 7.04. The fourth-order valence-electron chi connectivity index (χ4n) is 4.63. The monoisotopic (exact) mass is 661 g/mol. The van der Waals surface area contributed by atoms with E-state index in [-0.39, 0.29) is 17.1 Å². The zero-order chi connectivity index (χ0) is 33.7. The van der Waals surface area contributed by atoms with E-state index >= 15 is 0 Å². The minimum atomic E-state index is -4.10. The molecular formula is C36H43N3O7S. The number of hydrogen-bond acceptors (Lipinski definition) is 8.